The molecule has 4 nitrogen and oxygen atoms in total. The van der Waals surface area contributed by atoms with E-state index < -0.39 is 0 Å². The highest BCUT2D eigenvalue weighted by Gasteiger charge is 2.11. The molecule has 0 aliphatic heterocycles. The first-order valence-corrected chi connectivity index (χ1v) is 5.64. The van der Waals surface area contributed by atoms with E-state index in [1.54, 1.807) is 0 Å². The summed E-state index contributed by atoms with van der Waals surface area (Å²) in [6.07, 6.45) is 0. The predicted molar refractivity (Wildman–Crippen MR) is 65.7 cm³/mol. The van der Waals surface area contributed by atoms with Crippen LogP contribution in [0.3, 0.4) is 0 Å². The van der Waals surface area contributed by atoms with Crippen molar-refractivity contribution in [2.75, 3.05) is 6.61 Å². The van der Waals surface area contributed by atoms with Crippen molar-refractivity contribution in [2.45, 2.75) is 20.4 Å². The molecule has 2 N–H and O–H groups in total. The van der Waals surface area contributed by atoms with Crippen LogP contribution in [-0.2, 0) is 6.54 Å². The van der Waals surface area contributed by atoms with Gasteiger partial charge in [-0.2, -0.15) is 0 Å². The van der Waals surface area contributed by atoms with Crippen molar-refractivity contribution >= 4 is 0 Å². The number of hydrogen-bond acceptors (Lipinski definition) is 4. The molecular formula is C13H16N2O2. The van der Waals surface area contributed by atoms with Gasteiger partial charge in [0.25, 0.3) is 0 Å². The predicted octanol–water partition coefficient (Wildman–Crippen LogP) is 2.51. The quantitative estimate of drug-likeness (QED) is 0.879. The summed E-state index contributed by atoms with van der Waals surface area (Å²) in [5.41, 5.74) is 8.36. The van der Waals surface area contributed by atoms with Crippen LogP contribution in [0, 0.1) is 6.92 Å². The monoisotopic (exact) mass is 232 g/mol. The molecule has 17 heavy (non-hydrogen) atoms. The number of benzene rings is 1. The molecule has 1 aromatic heterocycles. The largest absolute Gasteiger partial charge is 0.493 e. The second kappa shape index (κ2) is 5.01. The van der Waals surface area contributed by atoms with Gasteiger partial charge < -0.3 is 15.0 Å². The SMILES string of the molecule is CCOc1ccc(C)cc1-c1cc(CN)on1. The average molecular weight is 232 g/mol. The Hall–Kier alpha value is -1.81. The molecule has 4 heteroatoms. The van der Waals surface area contributed by atoms with Gasteiger partial charge >= 0.3 is 0 Å². The lowest BCUT2D eigenvalue weighted by Crippen LogP contribution is -1.95. The van der Waals surface area contributed by atoms with Gasteiger partial charge in [-0.25, -0.2) is 0 Å². The van der Waals surface area contributed by atoms with Gasteiger partial charge in [0.15, 0.2) is 5.76 Å². The minimum Gasteiger partial charge on any atom is -0.493 e. The van der Waals surface area contributed by atoms with Crippen LogP contribution in [0.4, 0.5) is 0 Å². The van der Waals surface area contributed by atoms with E-state index in [0.717, 1.165) is 22.6 Å². The molecular weight excluding hydrogens is 216 g/mol. The summed E-state index contributed by atoms with van der Waals surface area (Å²) >= 11 is 0. The number of nitrogens with two attached hydrogens (primary N) is 1. The molecule has 0 radical (unpaired) electrons. The topological polar surface area (TPSA) is 61.3 Å². The minimum atomic E-state index is 0.350. The second-order valence-corrected chi connectivity index (χ2v) is 3.82. The third-order valence-electron chi connectivity index (χ3n) is 2.47. The summed E-state index contributed by atoms with van der Waals surface area (Å²) in [6.45, 7) is 4.96. The zero-order valence-electron chi connectivity index (χ0n) is 10.1. The van der Waals surface area contributed by atoms with Crippen LogP contribution in [-0.4, -0.2) is 11.8 Å². The van der Waals surface area contributed by atoms with Gasteiger partial charge in [0, 0.05) is 11.6 Å². The minimum absolute atomic E-state index is 0.350. The number of nitrogens with zero attached hydrogens (tertiary/aromatic N) is 1. The van der Waals surface area contributed by atoms with Gasteiger partial charge in [-0.05, 0) is 26.0 Å². The first kappa shape index (κ1) is 11.7. The molecule has 0 saturated heterocycles. The van der Waals surface area contributed by atoms with Gasteiger partial charge in [-0.3, -0.25) is 0 Å². The number of rotatable bonds is 4. The third-order valence-corrected chi connectivity index (χ3v) is 2.47. The second-order valence-electron chi connectivity index (χ2n) is 3.82. The Kier molecular flexibility index (Phi) is 3.44. The van der Waals surface area contributed by atoms with Crippen LogP contribution in [0.1, 0.15) is 18.2 Å². The van der Waals surface area contributed by atoms with E-state index >= 15 is 0 Å². The molecule has 2 rings (SSSR count). The van der Waals surface area contributed by atoms with Gasteiger partial charge in [0.2, 0.25) is 0 Å². The van der Waals surface area contributed by atoms with Crippen molar-refractivity contribution in [3.8, 4) is 17.0 Å². The maximum Gasteiger partial charge on any atom is 0.150 e. The first-order valence-electron chi connectivity index (χ1n) is 5.64. The van der Waals surface area contributed by atoms with Crippen LogP contribution < -0.4 is 10.5 Å². The van der Waals surface area contributed by atoms with Gasteiger partial charge in [0.1, 0.15) is 11.4 Å². The highest BCUT2D eigenvalue weighted by molar-refractivity contribution is 5.67. The van der Waals surface area contributed by atoms with Crippen LogP contribution in [0.5, 0.6) is 5.75 Å². The maximum absolute atomic E-state index is 5.58. The van der Waals surface area contributed by atoms with Crippen molar-refractivity contribution < 1.29 is 9.26 Å². The average Bonchev–Trinajstić information content (AvgIpc) is 2.80. The van der Waals surface area contributed by atoms with Gasteiger partial charge in [0.05, 0.1) is 13.2 Å². The fraction of sp³-hybridized carbons (Fsp3) is 0.308. The Balaban J connectivity index is 2.44. The lowest BCUT2D eigenvalue weighted by Gasteiger charge is -2.08. The van der Waals surface area contributed by atoms with Crippen LogP contribution >= 0.6 is 0 Å². The number of hydrogen-bond donors (Lipinski definition) is 1. The lowest BCUT2D eigenvalue weighted by molar-refractivity contribution is 0.340. The van der Waals surface area contributed by atoms with E-state index in [2.05, 4.69) is 5.16 Å². The Morgan fingerprint density at radius 3 is 2.82 bits per heavy atom. The van der Waals surface area contributed by atoms with E-state index in [4.69, 9.17) is 15.0 Å². The Bertz CT molecular complexity index is 506. The number of aromatic nitrogens is 1. The molecule has 1 heterocycles. The van der Waals surface area contributed by atoms with E-state index in [1.807, 2.05) is 38.1 Å². The first-order chi connectivity index (χ1) is 8.24. The molecule has 0 atom stereocenters. The summed E-state index contributed by atoms with van der Waals surface area (Å²) in [5.74, 6) is 1.49. The molecule has 0 aliphatic carbocycles. The van der Waals surface area contributed by atoms with Crippen molar-refractivity contribution in [3.05, 3.63) is 35.6 Å². The summed E-state index contributed by atoms with van der Waals surface area (Å²) < 4.78 is 10.7. The highest BCUT2D eigenvalue weighted by atomic mass is 16.5. The lowest BCUT2D eigenvalue weighted by atomic mass is 10.1. The van der Waals surface area contributed by atoms with Crippen molar-refractivity contribution in [3.63, 3.8) is 0 Å². The van der Waals surface area contributed by atoms with E-state index in [1.165, 1.54) is 0 Å². The molecule has 0 spiro atoms. The molecule has 1 aromatic carbocycles. The molecule has 90 valence electrons. The third kappa shape index (κ3) is 2.47. The summed E-state index contributed by atoms with van der Waals surface area (Å²) in [5, 5.41) is 4.01. The standard InChI is InChI=1S/C13H16N2O2/c1-3-16-13-5-4-9(2)6-11(13)12-7-10(8-14)17-15-12/h4-7H,3,8,14H2,1-2H3. The fourth-order valence-electron chi connectivity index (χ4n) is 1.66. The van der Waals surface area contributed by atoms with Gasteiger partial charge in [-0.15, -0.1) is 0 Å². The van der Waals surface area contributed by atoms with Crippen LogP contribution in [0.15, 0.2) is 28.8 Å². The van der Waals surface area contributed by atoms with Crippen LogP contribution in [0.2, 0.25) is 0 Å². The highest BCUT2D eigenvalue weighted by Crippen LogP contribution is 2.30. The van der Waals surface area contributed by atoms with Crippen LogP contribution in [0.25, 0.3) is 11.3 Å². The normalized spacial score (nSPS) is 10.5. The zero-order chi connectivity index (χ0) is 12.3. The summed E-state index contributed by atoms with van der Waals surface area (Å²) in [6, 6.07) is 7.84. The number of aryl methyl sites for hydroxylation is 1. The maximum atomic E-state index is 5.58. The molecule has 0 fully saturated rings. The van der Waals surface area contributed by atoms with E-state index in [-0.39, 0.29) is 0 Å². The Morgan fingerprint density at radius 2 is 2.18 bits per heavy atom. The van der Waals surface area contributed by atoms with Crippen molar-refractivity contribution in [2.24, 2.45) is 5.73 Å². The summed E-state index contributed by atoms with van der Waals surface area (Å²) in [4.78, 5) is 0. The van der Waals surface area contributed by atoms with Crippen molar-refractivity contribution in [1.82, 2.24) is 5.16 Å². The molecule has 2 aromatic rings. The summed E-state index contributed by atoms with van der Waals surface area (Å²) in [7, 11) is 0. The Labute approximate surface area is 100 Å². The molecule has 0 saturated carbocycles. The fourth-order valence-corrected chi connectivity index (χ4v) is 1.66. The van der Waals surface area contributed by atoms with E-state index in [0.29, 0.717) is 18.9 Å². The van der Waals surface area contributed by atoms with Gasteiger partial charge in [-0.1, -0.05) is 16.8 Å². The van der Waals surface area contributed by atoms with Crippen molar-refractivity contribution in [1.29, 1.82) is 0 Å². The molecule has 0 unspecified atom stereocenters. The zero-order valence-corrected chi connectivity index (χ0v) is 10.1. The number of ether oxygens (including phenoxy) is 1. The smallest absolute Gasteiger partial charge is 0.150 e. The Morgan fingerprint density at radius 1 is 1.35 bits per heavy atom. The molecule has 0 amide bonds. The molecule has 0 aliphatic rings. The van der Waals surface area contributed by atoms with E-state index in [9.17, 15) is 0 Å². The molecule has 0 bridgehead atoms.